The lowest BCUT2D eigenvalue weighted by atomic mass is 10.2. The Morgan fingerprint density at radius 3 is 3.00 bits per heavy atom. The summed E-state index contributed by atoms with van der Waals surface area (Å²) in [5.74, 6) is 0. The standard InChI is InChI=1S/C9H8FNS/c10-6-12-9-5-11-8-4-2-1-3-7(8)9/h1-5,11H,6H2. The highest BCUT2D eigenvalue weighted by Gasteiger charge is 2.01. The molecular weight excluding hydrogens is 173 g/mol. The minimum atomic E-state index is -0.373. The SMILES string of the molecule is FCSc1c[nH]c2ccccc12. The third-order valence-corrected chi connectivity index (χ3v) is 2.52. The number of para-hydroxylation sites is 1. The van der Waals surface area contributed by atoms with Crippen molar-refractivity contribution >= 4 is 22.7 Å². The van der Waals surface area contributed by atoms with Gasteiger partial charge in [0.25, 0.3) is 0 Å². The van der Waals surface area contributed by atoms with Gasteiger partial charge in [0.15, 0.2) is 0 Å². The van der Waals surface area contributed by atoms with E-state index in [1.807, 2.05) is 30.5 Å². The maximum atomic E-state index is 12.0. The summed E-state index contributed by atoms with van der Waals surface area (Å²) >= 11 is 1.21. The van der Waals surface area contributed by atoms with Gasteiger partial charge in [0.05, 0.1) is 0 Å². The summed E-state index contributed by atoms with van der Waals surface area (Å²) in [4.78, 5) is 4.07. The Kier molecular flexibility index (Phi) is 2.04. The molecule has 0 aliphatic carbocycles. The summed E-state index contributed by atoms with van der Waals surface area (Å²) in [5, 5.41) is 1.10. The Morgan fingerprint density at radius 2 is 2.17 bits per heavy atom. The Hall–Kier alpha value is -0.960. The number of thioether (sulfide) groups is 1. The van der Waals surface area contributed by atoms with Crippen molar-refractivity contribution in [3.63, 3.8) is 0 Å². The zero-order valence-electron chi connectivity index (χ0n) is 6.38. The summed E-state index contributed by atoms with van der Waals surface area (Å²) in [7, 11) is 0. The van der Waals surface area contributed by atoms with Gasteiger partial charge in [-0.3, -0.25) is 0 Å². The predicted octanol–water partition coefficient (Wildman–Crippen LogP) is 3.19. The maximum Gasteiger partial charge on any atom is 0.139 e. The second kappa shape index (κ2) is 3.19. The van der Waals surface area contributed by atoms with E-state index in [9.17, 15) is 4.39 Å². The first-order valence-electron chi connectivity index (χ1n) is 3.66. The molecule has 0 aliphatic rings. The molecule has 12 heavy (non-hydrogen) atoms. The number of H-pyrrole nitrogens is 1. The van der Waals surface area contributed by atoms with Crippen LogP contribution >= 0.6 is 11.8 Å². The van der Waals surface area contributed by atoms with Gasteiger partial charge in [0.2, 0.25) is 0 Å². The number of hydrogen-bond donors (Lipinski definition) is 1. The summed E-state index contributed by atoms with van der Waals surface area (Å²) in [6, 6.07) is 7.52. The molecule has 1 aromatic carbocycles. The van der Waals surface area contributed by atoms with Crippen LogP contribution in [0.5, 0.6) is 0 Å². The fourth-order valence-corrected chi connectivity index (χ4v) is 1.82. The van der Waals surface area contributed by atoms with Crippen molar-refractivity contribution in [1.29, 1.82) is 0 Å². The molecular formula is C9H8FNS. The average Bonchev–Trinajstić information content (AvgIpc) is 2.50. The van der Waals surface area contributed by atoms with Gasteiger partial charge in [-0.25, -0.2) is 4.39 Å². The first-order valence-corrected chi connectivity index (χ1v) is 4.65. The summed E-state index contributed by atoms with van der Waals surface area (Å²) < 4.78 is 12.0. The zero-order valence-corrected chi connectivity index (χ0v) is 7.20. The van der Waals surface area contributed by atoms with Crippen LogP contribution in [0.25, 0.3) is 10.9 Å². The number of rotatable bonds is 2. The molecule has 0 spiro atoms. The third kappa shape index (κ3) is 1.20. The number of alkyl halides is 1. The molecule has 2 aromatic rings. The second-order valence-electron chi connectivity index (χ2n) is 2.45. The number of hydrogen-bond acceptors (Lipinski definition) is 1. The van der Waals surface area contributed by atoms with Crippen LogP contribution in [0.3, 0.4) is 0 Å². The van der Waals surface area contributed by atoms with E-state index < -0.39 is 0 Å². The second-order valence-corrected chi connectivity index (χ2v) is 3.40. The van der Waals surface area contributed by atoms with Gasteiger partial charge in [-0.15, -0.1) is 0 Å². The summed E-state index contributed by atoms with van der Waals surface area (Å²) in [6.07, 6.45) is 1.84. The Bertz CT molecular complexity index is 383. The van der Waals surface area contributed by atoms with E-state index in [-0.39, 0.29) is 6.01 Å². The van der Waals surface area contributed by atoms with Crippen molar-refractivity contribution in [2.45, 2.75) is 4.90 Å². The van der Waals surface area contributed by atoms with Gasteiger partial charge in [-0.05, 0) is 6.07 Å². The molecule has 2 rings (SSSR count). The predicted molar refractivity (Wildman–Crippen MR) is 50.1 cm³/mol. The largest absolute Gasteiger partial charge is 0.360 e. The van der Waals surface area contributed by atoms with Crippen LogP contribution < -0.4 is 0 Å². The maximum absolute atomic E-state index is 12.0. The molecule has 0 aliphatic heterocycles. The highest BCUT2D eigenvalue weighted by molar-refractivity contribution is 7.99. The molecule has 1 nitrogen and oxygen atoms in total. The average molecular weight is 181 g/mol. The quantitative estimate of drug-likeness (QED) is 0.703. The topological polar surface area (TPSA) is 15.8 Å². The fourth-order valence-electron chi connectivity index (χ4n) is 1.22. The molecule has 0 saturated carbocycles. The summed E-state index contributed by atoms with van der Waals surface area (Å²) in [6.45, 7) is 0. The number of aromatic amines is 1. The Balaban J connectivity index is 2.55. The van der Waals surface area contributed by atoms with Gasteiger partial charge in [-0.1, -0.05) is 30.0 Å². The van der Waals surface area contributed by atoms with Crippen molar-refractivity contribution in [1.82, 2.24) is 4.98 Å². The van der Waals surface area contributed by atoms with Crippen molar-refractivity contribution in [2.24, 2.45) is 0 Å². The number of nitrogens with one attached hydrogen (secondary N) is 1. The minimum absolute atomic E-state index is 0.373. The Labute approximate surface area is 74.0 Å². The van der Waals surface area contributed by atoms with Crippen LogP contribution in [0, 0.1) is 0 Å². The van der Waals surface area contributed by atoms with E-state index in [1.165, 1.54) is 11.8 Å². The van der Waals surface area contributed by atoms with E-state index >= 15 is 0 Å². The van der Waals surface area contributed by atoms with Gasteiger partial charge < -0.3 is 4.98 Å². The molecule has 0 saturated heterocycles. The number of fused-ring (bicyclic) bond motifs is 1. The van der Waals surface area contributed by atoms with Gasteiger partial charge in [0.1, 0.15) is 6.01 Å². The van der Waals surface area contributed by atoms with E-state index in [4.69, 9.17) is 0 Å². The molecule has 0 radical (unpaired) electrons. The Morgan fingerprint density at radius 1 is 1.33 bits per heavy atom. The van der Waals surface area contributed by atoms with E-state index in [0.29, 0.717) is 0 Å². The molecule has 3 heteroatoms. The lowest BCUT2D eigenvalue weighted by molar-refractivity contribution is 0.606. The van der Waals surface area contributed by atoms with Crippen molar-refractivity contribution in [2.75, 3.05) is 6.01 Å². The summed E-state index contributed by atoms with van der Waals surface area (Å²) in [5.41, 5.74) is 1.06. The molecule has 62 valence electrons. The van der Waals surface area contributed by atoms with Crippen LogP contribution in [0.2, 0.25) is 0 Å². The monoisotopic (exact) mass is 181 g/mol. The fraction of sp³-hybridized carbons (Fsp3) is 0.111. The first-order chi connectivity index (χ1) is 5.92. The number of benzene rings is 1. The van der Waals surface area contributed by atoms with E-state index in [1.54, 1.807) is 0 Å². The lowest BCUT2D eigenvalue weighted by Gasteiger charge is -1.92. The smallest absolute Gasteiger partial charge is 0.139 e. The highest BCUT2D eigenvalue weighted by Crippen LogP contribution is 2.27. The van der Waals surface area contributed by atoms with Crippen LogP contribution in [0.1, 0.15) is 0 Å². The normalized spacial score (nSPS) is 10.8. The van der Waals surface area contributed by atoms with Crippen molar-refractivity contribution in [3.05, 3.63) is 30.5 Å². The molecule has 1 heterocycles. The van der Waals surface area contributed by atoms with Gasteiger partial charge >= 0.3 is 0 Å². The van der Waals surface area contributed by atoms with Crippen LogP contribution in [-0.4, -0.2) is 11.0 Å². The van der Waals surface area contributed by atoms with Crippen molar-refractivity contribution < 1.29 is 4.39 Å². The molecule has 1 N–H and O–H groups in total. The molecule has 0 amide bonds. The molecule has 0 bridgehead atoms. The number of aromatic nitrogens is 1. The minimum Gasteiger partial charge on any atom is -0.360 e. The van der Waals surface area contributed by atoms with Crippen LogP contribution in [0.15, 0.2) is 35.4 Å². The van der Waals surface area contributed by atoms with Crippen LogP contribution in [0.4, 0.5) is 4.39 Å². The molecule has 1 aromatic heterocycles. The highest BCUT2D eigenvalue weighted by atomic mass is 32.2. The van der Waals surface area contributed by atoms with Crippen LogP contribution in [-0.2, 0) is 0 Å². The molecule has 0 atom stereocenters. The van der Waals surface area contributed by atoms with Crippen molar-refractivity contribution in [3.8, 4) is 0 Å². The van der Waals surface area contributed by atoms with Gasteiger partial charge in [0, 0.05) is 22.0 Å². The van der Waals surface area contributed by atoms with Gasteiger partial charge in [-0.2, -0.15) is 0 Å². The first kappa shape index (κ1) is 7.68. The lowest BCUT2D eigenvalue weighted by Crippen LogP contribution is -1.67. The number of halogens is 1. The molecule has 0 unspecified atom stereocenters. The molecule has 0 fully saturated rings. The van der Waals surface area contributed by atoms with E-state index in [0.717, 1.165) is 15.8 Å². The van der Waals surface area contributed by atoms with E-state index in [2.05, 4.69) is 4.98 Å². The zero-order chi connectivity index (χ0) is 8.39. The third-order valence-electron chi connectivity index (χ3n) is 1.76.